The predicted octanol–water partition coefficient (Wildman–Crippen LogP) is 8.28. The summed E-state index contributed by atoms with van der Waals surface area (Å²) in [6.07, 6.45) is 2.76. The third-order valence-electron chi connectivity index (χ3n) is 8.79. The summed E-state index contributed by atoms with van der Waals surface area (Å²) in [4.78, 5) is 46.4. The van der Waals surface area contributed by atoms with E-state index in [0.29, 0.717) is 40.1 Å². The van der Waals surface area contributed by atoms with Crippen LogP contribution >= 0.6 is 0 Å². The number of carboxylic acids is 1. The van der Waals surface area contributed by atoms with Crippen LogP contribution in [0.1, 0.15) is 52.6 Å². The molecule has 7 nitrogen and oxygen atoms in total. The Kier molecular flexibility index (Phi) is 8.26. The second-order valence-corrected chi connectivity index (χ2v) is 11.9. The van der Waals surface area contributed by atoms with Gasteiger partial charge in [-0.05, 0) is 58.5 Å². The molecular formula is C41H33N3O4. The van der Waals surface area contributed by atoms with Crippen molar-refractivity contribution >= 4 is 45.7 Å². The van der Waals surface area contributed by atoms with Gasteiger partial charge in [0.15, 0.2) is 0 Å². The molecule has 7 heteroatoms. The molecule has 0 unspecified atom stereocenters. The maximum Gasteiger partial charge on any atom is 0.336 e. The van der Waals surface area contributed by atoms with Crippen molar-refractivity contribution in [1.29, 1.82) is 0 Å². The number of carbonyl (C=O) groups excluding carboxylic acids is 2. The minimum atomic E-state index is -0.965. The molecule has 0 spiro atoms. The summed E-state index contributed by atoms with van der Waals surface area (Å²) in [5.74, 6) is -0.762. The van der Waals surface area contributed by atoms with E-state index in [2.05, 4.69) is 11.5 Å². The lowest BCUT2D eigenvalue weighted by Gasteiger charge is -2.16. The number of hydrogen-bond acceptors (Lipinski definition) is 4. The number of amides is 2. The van der Waals surface area contributed by atoms with Gasteiger partial charge in [-0.1, -0.05) is 116 Å². The van der Waals surface area contributed by atoms with E-state index in [1.54, 1.807) is 18.2 Å². The highest BCUT2D eigenvalue weighted by Crippen LogP contribution is 2.39. The fraction of sp³-hybridized carbons (Fsp3) is 0.122. The van der Waals surface area contributed by atoms with Crippen LogP contribution in [-0.4, -0.2) is 32.4 Å². The van der Waals surface area contributed by atoms with Gasteiger partial charge in [0.1, 0.15) is 5.82 Å². The quantitative estimate of drug-likeness (QED) is 0.154. The Hall–Kier alpha value is -6.08. The molecule has 5 aromatic carbocycles. The van der Waals surface area contributed by atoms with Gasteiger partial charge in [-0.3, -0.25) is 9.59 Å². The maximum absolute atomic E-state index is 14.2. The van der Waals surface area contributed by atoms with Crippen molar-refractivity contribution < 1.29 is 19.5 Å². The number of carbonyl (C=O) groups is 3. The zero-order chi connectivity index (χ0) is 33.2. The van der Waals surface area contributed by atoms with Gasteiger partial charge in [0.25, 0.3) is 11.8 Å². The van der Waals surface area contributed by atoms with Crippen LogP contribution in [-0.2, 0) is 22.6 Å². The van der Waals surface area contributed by atoms with Crippen LogP contribution in [0.4, 0.5) is 5.69 Å². The van der Waals surface area contributed by atoms with E-state index in [0.717, 1.165) is 47.2 Å². The van der Waals surface area contributed by atoms with Crippen LogP contribution in [0.15, 0.2) is 127 Å². The Morgan fingerprint density at radius 2 is 1.31 bits per heavy atom. The molecule has 2 heterocycles. The molecule has 7 rings (SSSR count). The molecular weight excluding hydrogens is 598 g/mol. The van der Waals surface area contributed by atoms with Crippen LogP contribution in [0, 0.1) is 0 Å². The number of aryl methyl sites for hydroxylation is 1. The monoisotopic (exact) mass is 631 g/mol. The minimum absolute atomic E-state index is 0.256. The minimum Gasteiger partial charge on any atom is -0.478 e. The zero-order valence-corrected chi connectivity index (χ0v) is 26.5. The number of rotatable bonds is 10. The number of anilines is 1. The lowest BCUT2D eigenvalue weighted by molar-refractivity contribution is -0.119. The molecule has 0 aliphatic carbocycles. The molecule has 6 aromatic rings. The van der Waals surface area contributed by atoms with E-state index >= 15 is 0 Å². The van der Waals surface area contributed by atoms with E-state index in [9.17, 15) is 19.5 Å². The molecule has 0 saturated carbocycles. The van der Waals surface area contributed by atoms with Gasteiger partial charge in [0.2, 0.25) is 0 Å². The average Bonchev–Trinajstić information content (AvgIpc) is 3.60. The second-order valence-electron chi connectivity index (χ2n) is 11.9. The van der Waals surface area contributed by atoms with Gasteiger partial charge in [-0.2, -0.15) is 0 Å². The van der Waals surface area contributed by atoms with E-state index < -0.39 is 5.97 Å². The predicted molar refractivity (Wildman–Crippen MR) is 188 cm³/mol. The van der Waals surface area contributed by atoms with Crippen molar-refractivity contribution in [2.75, 3.05) is 4.90 Å². The normalized spacial score (nSPS) is 13.1. The van der Waals surface area contributed by atoms with E-state index in [1.807, 2.05) is 109 Å². The second kappa shape index (κ2) is 13.0. The largest absolute Gasteiger partial charge is 0.478 e. The third kappa shape index (κ3) is 5.60. The summed E-state index contributed by atoms with van der Waals surface area (Å²) in [6, 6.07) is 39.1. The first-order valence-electron chi connectivity index (χ1n) is 16.1. The van der Waals surface area contributed by atoms with Crippen molar-refractivity contribution in [3.05, 3.63) is 155 Å². The highest BCUT2D eigenvalue weighted by molar-refractivity contribution is 6.57. The van der Waals surface area contributed by atoms with E-state index in [4.69, 9.17) is 4.98 Å². The van der Waals surface area contributed by atoms with Crippen LogP contribution in [0.3, 0.4) is 0 Å². The lowest BCUT2D eigenvalue weighted by atomic mass is 9.96. The molecule has 0 fully saturated rings. The van der Waals surface area contributed by atoms with Crippen molar-refractivity contribution in [1.82, 2.24) is 9.55 Å². The molecule has 0 saturated heterocycles. The van der Waals surface area contributed by atoms with Crippen LogP contribution in [0.5, 0.6) is 0 Å². The number of unbranched alkanes of at least 4 members (excludes halogenated alkanes) is 1. The molecule has 1 aromatic heterocycles. The van der Waals surface area contributed by atoms with Gasteiger partial charge in [-0.15, -0.1) is 0 Å². The zero-order valence-electron chi connectivity index (χ0n) is 26.5. The molecule has 0 atom stereocenters. The first-order chi connectivity index (χ1) is 23.4. The Bertz CT molecular complexity index is 2140. The van der Waals surface area contributed by atoms with Gasteiger partial charge >= 0.3 is 5.97 Å². The summed E-state index contributed by atoms with van der Waals surface area (Å²) < 4.78 is 2.16. The molecule has 0 radical (unpaired) electrons. The third-order valence-corrected chi connectivity index (χ3v) is 8.79. The van der Waals surface area contributed by atoms with Gasteiger partial charge in [0, 0.05) is 13.0 Å². The van der Waals surface area contributed by atoms with E-state index in [-0.39, 0.29) is 17.4 Å². The standard InChI is InChI=1S/C41H33N3O4/c1-2-3-18-36-42-34-24-23-31(44-39(45)37(29-12-6-4-7-13-29)38(40(44)46)30-14-8-5-9-15-30)25-35(34)43(36)26-27-19-21-28(22-20-27)32-16-10-11-17-33(32)41(47)48/h4-17,19-25H,2-3,18,26H2,1H3,(H,47,48). The van der Waals surface area contributed by atoms with Crippen molar-refractivity contribution in [2.45, 2.75) is 32.7 Å². The smallest absolute Gasteiger partial charge is 0.336 e. The van der Waals surface area contributed by atoms with Crippen molar-refractivity contribution in [2.24, 2.45) is 0 Å². The van der Waals surface area contributed by atoms with E-state index in [1.165, 1.54) is 4.90 Å². The number of nitrogens with zero attached hydrogens (tertiary/aromatic N) is 3. The van der Waals surface area contributed by atoms with Crippen molar-refractivity contribution in [3.63, 3.8) is 0 Å². The number of aromatic carboxylic acids is 1. The number of carboxylic acid groups (broad SMARTS) is 1. The van der Waals surface area contributed by atoms with Crippen LogP contribution < -0.4 is 4.90 Å². The van der Waals surface area contributed by atoms with Gasteiger partial charge < -0.3 is 9.67 Å². The highest BCUT2D eigenvalue weighted by atomic mass is 16.4. The fourth-order valence-corrected chi connectivity index (χ4v) is 6.41. The summed E-state index contributed by atoms with van der Waals surface area (Å²) in [5, 5.41) is 9.68. The SMILES string of the molecule is CCCCc1nc2ccc(N3C(=O)C(c4ccccc4)=C(c4ccccc4)C3=O)cc2n1Cc1ccc(-c2ccccc2C(=O)O)cc1. The van der Waals surface area contributed by atoms with Gasteiger partial charge in [0.05, 0.1) is 33.4 Å². The first-order valence-corrected chi connectivity index (χ1v) is 16.1. The average molecular weight is 632 g/mol. The summed E-state index contributed by atoms with van der Waals surface area (Å²) >= 11 is 0. The summed E-state index contributed by atoms with van der Waals surface area (Å²) in [5.41, 5.74) is 7.01. The lowest BCUT2D eigenvalue weighted by Crippen LogP contribution is -2.31. The van der Waals surface area contributed by atoms with Crippen LogP contribution in [0.25, 0.3) is 33.3 Å². The van der Waals surface area contributed by atoms with Gasteiger partial charge in [-0.25, -0.2) is 14.7 Å². The molecule has 236 valence electrons. The Morgan fingerprint density at radius 1 is 0.708 bits per heavy atom. The fourth-order valence-electron chi connectivity index (χ4n) is 6.41. The maximum atomic E-state index is 14.2. The molecule has 1 aliphatic rings. The molecule has 0 bridgehead atoms. The van der Waals surface area contributed by atoms with Crippen molar-refractivity contribution in [3.8, 4) is 11.1 Å². The first kappa shape index (κ1) is 30.6. The summed E-state index contributed by atoms with van der Waals surface area (Å²) in [7, 11) is 0. The van der Waals surface area contributed by atoms with Crippen LogP contribution in [0.2, 0.25) is 0 Å². The highest BCUT2D eigenvalue weighted by Gasteiger charge is 2.40. The molecule has 1 N–H and O–H groups in total. The number of benzene rings is 5. The number of hydrogen-bond donors (Lipinski definition) is 1. The number of imidazole rings is 1. The number of imide groups is 1. The molecule has 48 heavy (non-hydrogen) atoms. The Morgan fingerprint density at radius 3 is 1.92 bits per heavy atom. The summed E-state index contributed by atoms with van der Waals surface area (Å²) in [6.45, 7) is 2.66. The molecule has 1 aliphatic heterocycles. The number of fused-ring (bicyclic) bond motifs is 1. The topological polar surface area (TPSA) is 92.5 Å². The number of aromatic nitrogens is 2. The Labute approximate surface area is 278 Å². The Balaban J connectivity index is 1.27. The molecule has 2 amide bonds.